The van der Waals surface area contributed by atoms with Crippen LogP contribution < -0.4 is 14.8 Å². The molecule has 0 atom stereocenters. The van der Waals surface area contributed by atoms with Gasteiger partial charge in [0.15, 0.2) is 11.5 Å². The summed E-state index contributed by atoms with van der Waals surface area (Å²) in [6.07, 6.45) is 5.61. The standard InChI is InChI=1S/C17H27NO3/c1-3-20-16-9-8-14(12-17(16)19-2)13-18-10-11-21-15-6-4-5-7-15/h8-9,12,15,18H,3-7,10-11,13H2,1-2H3. The zero-order chi connectivity index (χ0) is 14.9. The lowest BCUT2D eigenvalue weighted by Gasteiger charge is -2.13. The highest BCUT2D eigenvalue weighted by atomic mass is 16.5. The summed E-state index contributed by atoms with van der Waals surface area (Å²) in [4.78, 5) is 0. The molecule has 0 bridgehead atoms. The van der Waals surface area contributed by atoms with Crippen LogP contribution in [-0.4, -0.2) is 33.0 Å². The summed E-state index contributed by atoms with van der Waals surface area (Å²) in [5.74, 6) is 1.59. The van der Waals surface area contributed by atoms with Gasteiger partial charge >= 0.3 is 0 Å². The van der Waals surface area contributed by atoms with E-state index in [9.17, 15) is 0 Å². The molecule has 1 aliphatic rings. The average molecular weight is 293 g/mol. The molecule has 1 aromatic carbocycles. The van der Waals surface area contributed by atoms with E-state index in [1.807, 2.05) is 19.1 Å². The Morgan fingerprint density at radius 1 is 1.19 bits per heavy atom. The number of hydrogen-bond acceptors (Lipinski definition) is 4. The fraction of sp³-hybridized carbons (Fsp3) is 0.647. The van der Waals surface area contributed by atoms with E-state index < -0.39 is 0 Å². The van der Waals surface area contributed by atoms with E-state index in [1.165, 1.54) is 31.2 Å². The third kappa shape index (κ3) is 5.21. The van der Waals surface area contributed by atoms with Crippen LogP contribution in [0.1, 0.15) is 38.2 Å². The van der Waals surface area contributed by atoms with Crippen molar-refractivity contribution in [3.63, 3.8) is 0 Å². The number of ether oxygens (including phenoxy) is 3. The first kappa shape index (κ1) is 16.1. The van der Waals surface area contributed by atoms with Crippen molar-refractivity contribution < 1.29 is 14.2 Å². The maximum atomic E-state index is 5.83. The van der Waals surface area contributed by atoms with Gasteiger partial charge in [0.05, 0.1) is 26.4 Å². The van der Waals surface area contributed by atoms with Crippen LogP contribution in [-0.2, 0) is 11.3 Å². The van der Waals surface area contributed by atoms with Gasteiger partial charge in [-0.05, 0) is 37.5 Å². The monoisotopic (exact) mass is 293 g/mol. The molecular formula is C17H27NO3. The molecule has 1 N–H and O–H groups in total. The van der Waals surface area contributed by atoms with E-state index in [-0.39, 0.29) is 0 Å². The molecule has 0 unspecified atom stereocenters. The van der Waals surface area contributed by atoms with Crippen molar-refractivity contribution in [1.82, 2.24) is 5.32 Å². The topological polar surface area (TPSA) is 39.7 Å². The van der Waals surface area contributed by atoms with Crippen LogP contribution in [0.3, 0.4) is 0 Å². The van der Waals surface area contributed by atoms with E-state index >= 15 is 0 Å². The van der Waals surface area contributed by atoms with Crippen LogP contribution >= 0.6 is 0 Å². The van der Waals surface area contributed by atoms with Gasteiger partial charge in [0.2, 0.25) is 0 Å². The first-order chi connectivity index (χ1) is 10.3. The van der Waals surface area contributed by atoms with Crippen LogP contribution in [0, 0.1) is 0 Å². The second-order valence-corrected chi connectivity index (χ2v) is 5.37. The lowest BCUT2D eigenvalue weighted by Crippen LogP contribution is -2.21. The third-order valence-corrected chi connectivity index (χ3v) is 3.79. The number of hydrogen-bond donors (Lipinski definition) is 1. The largest absolute Gasteiger partial charge is 0.493 e. The summed E-state index contributed by atoms with van der Waals surface area (Å²) in [5, 5.41) is 3.41. The van der Waals surface area contributed by atoms with Gasteiger partial charge in [0, 0.05) is 13.1 Å². The average Bonchev–Trinajstić information content (AvgIpc) is 3.01. The van der Waals surface area contributed by atoms with E-state index in [1.54, 1.807) is 7.11 Å². The van der Waals surface area contributed by atoms with Crippen molar-refractivity contribution in [2.45, 2.75) is 45.3 Å². The van der Waals surface area contributed by atoms with Crippen molar-refractivity contribution in [2.24, 2.45) is 0 Å². The minimum absolute atomic E-state index is 0.498. The zero-order valence-corrected chi connectivity index (χ0v) is 13.2. The molecule has 0 amide bonds. The fourth-order valence-corrected chi connectivity index (χ4v) is 2.68. The maximum absolute atomic E-state index is 5.83. The number of methoxy groups -OCH3 is 1. The van der Waals surface area contributed by atoms with Gasteiger partial charge in [0.25, 0.3) is 0 Å². The molecule has 0 heterocycles. The van der Waals surface area contributed by atoms with Gasteiger partial charge < -0.3 is 19.5 Å². The van der Waals surface area contributed by atoms with E-state index in [0.717, 1.165) is 31.2 Å². The Bertz CT molecular complexity index is 416. The predicted octanol–water partition coefficient (Wildman–Crippen LogP) is 3.14. The lowest BCUT2D eigenvalue weighted by atomic mass is 10.2. The van der Waals surface area contributed by atoms with E-state index in [2.05, 4.69) is 11.4 Å². The Morgan fingerprint density at radius 2 is 2.00 bits per heavy atom. The van der Waals surface area contributed by atoms with Crippen LogP contribution in [0.5, 0.6) is 11.5 Å². The molecule has 2 rings (SSSR count). The van der Waals surface area contributed by atoms with Gasteiger partial charge in [-0.1, -0.05) is 18.9 Å². The van der Waals surface area contributed by atoms with Crippen LogP contribution in [0.4, 0.5) is 0 Å². The van der Waals surface area contributed by atoms with Gasteiger partial charge in [0.1, 0.15) is 0 Å². The Balaban J connectivity index is 1.69. The number of benzene rings is 1. The van der Waals surface area contributed by atoms with Crippen molar-refractivity contribution in [3.05, 3.63) is 23.8 Å². The highest BCUT2D eigenvalue weighted by Crippen LogP contribution is 2.27. The molecule has 0 spiro atoms. The Kier molecular flexibility index (Phi) is 6.83. The summed E-state index contributed by atoms with van der Waals surface area (Å²) in [6, 6.07) is 6.06. The molecule has 0 radical (unpaired) electrons. The summed E-state index contributed by atoms with van der Waals surface area (Å²) in [6.45, 7) is 5.10. The Hall–Kier alpha value is -1.26. The summed E-state index contributed by atoms with van der Waals surface area (Å²) in [5.41, 5.74) is 1.19. The molecule has 1 fully saturated rings. The smallest absolute Gasteiger partial charge is 0.161 e. The lowest BCUT2D eigenvalue weighted by molar-refractivity contribution is 0.0602. The Labute approximate surface area is 127 Å². The van der Waals surface area contributed by atoms with Gasteiger partial charge in [-0.15, -0.1) is 0 Å². The predicted molar refractivity (Wildman–Crippen MR) is 84.1 cm³/mol. The van der Waals surface area contributed by atoms with Gasteiger partial charge in [-0.25, -0.2) is 0 Å². The number of rotatable bonds is 9. The molecule has 0 aromatic heterocycles. The van der Waals surface area contributed by atoms with Gasteiger partial charge in [-0.2, -0.15) is 0 Å². The normalized spacial score (nSPS) is 15.3. The summed E-state index contributed by atoms with van der Waals surface area (Å²) < 4.78 is 16.7. The quantitative estimate of drug-likeness (QED) is 0.710. The van der Waals surface area contributed by atoms with E-state index in [0.29, 0.717) is 12.7 Å². The first-order valence-corrected chi connectivity index (χ1v) is 7.95. The first-order valence-electron chi connectivity index (χ1n) is 7.95. The molecule has 4 nitrogen and oxygen atoms in total. The van der Waals surface area contributed by atoms with E-state index in [4.69, 9.17) is 14.2 Å². The highest BCUT2D eigenvalue weighted by molar-refractivity contribution is 5.42. The van der Waals surface area contributed by atoms with Crippen molar-refractivity contribution >= 4 is 0 Å². The van der Waals surface area contributed by atoms with Crippen LogP contribution in [0.2, 0.25) is 0 Å². The van der Waals surface area contributed by atoms with Crippen molar-refractivity contribution in [1.29, 1.82) is 0 Å². The molecule has 1 aromatic rings. The van der Waals surface area contributed by atoms with Gasteiger partial charge in [-0.3, -0.25) is 0 Å². The van der Waals surface area contributed by atoms with Crippen LogP contribution in [0.15, 0.2) is 18.2 Å². The second kappa shape index (κ2) is 8.90. The molecule has 0 aliphatic heterocycles. The zero-order valence-electron chi connectivity index (χ0n) is 13.2. The molecule has 4 heteroatoms. The van der Waals surface area contributed by atoms with Crippen LogP contribution in [0.25, 0.3) is 0 Å². The Morgan fingerprint density at radius 3 is 2.71 bits per heavy atom. The molecular weight excluding hydrogens is 266 g/mol. The second-order valence-electron chi connectivity index (χ2n) is 5.37. The minimum Gasteiger partial charge on any atom is -0.493 e. The van der Waals surface area contributed by atoms with Crippen molar-refractivity contribution in [2.75, 3.05) is 26.9 Å². The minimum atomic E-state index is 0.498. The molecule has 21 heavy (non-hydrogen) atoms. The third-order valence-electron chi connectivity index (χ3n) is 3.79. The molecule has 1 aliphatic carbocycles. The molecule has 1 saturated carbocycles. The fourth-order valence-electron chi connectivity index (χ4n) is 2.68. The molecule has 118 valence electrons. The number of nitrogens with one attached hydrogen (secondary N) is 1. The SMILES string of the molecule is CCOc1ccc(CNCCOC2CCCC2)cc1OC. The highest BCUT2D eigenvalue weighted by Gasteiger charge is 2.14. The van der Waals surface area contributed by atoms with Crippen molar-refractivity contribution in [3.8, 4) is 11.5 Å². The summed E-state index contributed by atoms with van der Waals surface area (Å²) in [7, 11) is 1.67. The maximum Gasteiger partial charge on any atom is 0.161 e. The summed E-state index contributed by atoms with van der Waals surface area (Å²) >= 11 is 0. The molecule has 0 saturated heterocycles.